The fourth-order valence-electron chi connectivity index (χ4n) is 4.94. The van der Waals surface area contributed by atoms with E-state index in [2.05, 4.69) is 88.1 Å². The topological polar surface area (TPSA) is 74.8 Å². The summed E-state index contributed by atoms with van der Waals surface area (Å²) in [5.41, 5.74) is 3.25. The summed E-state index contributed by atoms with van der Waals surface area (Å²) in [6.07, 6.45) is 8.82. The Hall–Kier alpha value is -2.67. The molecule has 3 aromatic rings. The van der Waals surface area contributed by atoms with Gasteiger partial charge in [0.2, 0.25) is 0 Å². The lowest BCUT2D eigenvalue weighted by molar-refractivity contribution is 0.219. The number of nitrogens with zero attached hydrogens (tertiary/aromatic N) is 3. The second kappa shape index (κ2) is 11.5. The summed E-state index contributed by atoms with van der Waals surface area (Å²) in [6.45, 7) is 6.61. The molecule has 3 heterocycles. The SMILES string of the molecule is CC(NC1CC(NC(C)c2ccccn2)CC(NC(C)c2ccccn2)C1)c1ccccn1. The Morgan fingerprint density at radius 2 is 0.848 bits per heavy atom. The van der Waals surface area contributed by atoms with E-state index < -0.39 is 0 Å². The van der Waals surface area contributed by atoms with E-state index in [1.165, 1.54) is 0 Å². The number of hydrogen-bond acceptors (Lipinski definition) is 6. The minimum Gasteiger partial charge on any atom is -0.306 e. The van der Waals surface area contributed by atoms with Crippen molar-refractivity contribution in [2.75, 3.05) is 0 Å². The van der Waals surface area contributed by atoms with Gasteiger partial charge in [0.25, 0.3) is 0 Å². The molecule has 1 aliphatic rings. The van der Waals surface area contributed by atoms with Gasteiger partial charge in [0.1, 0.15) is 0 Å². The number of aromatic nitrogens is 3. The van der Waals surface area contributed by atoms with Crippen molar-refractivity contribution in [2.45, 2.75) is 76.3 Å². The molecule has 0 amide bonds. The smallest absolute Gasteiger partial charge is 0.0570 e. The van der Waals surface area contributed by atoms with Gasteiger partial charge >= 0.3 is 0 Å². The summed E-state index contributed by atoms with van der Waals surface area (Å²) in [6, 6.07) is 20.1. The van der Waals surface area contributed by atoms with E-state index in [1.54, 1.807) is 0 Å². The summed E-state index contributed by atoms with van der Waals surface area (Å²) in [5, 5.41) is 11.5. The molecule has 3 unspecified atom stereocenters. The molecule has 4 rings (SSSR count). The van der Waals surface area contributed by atoms with Crippen molar-refractivity contribution in [3.05, 3.63) is 90.3 Å². The van der Waals surface area contributed by atoms with E-state index >= 15 is 0 Å². The third-order valence-corrected chi connectivity index (χ3v) is 6.56. The normalized spacial score (nSPS) is 23.5. The highest BCUT2D eigenvalue weighted by Crippen LogP contribution is 2.26. The quantitative estimate of drug-likeness (QED) is 0.451. The Bertz CT molecular complexity index is 819. The summed E-state index contributed by atoms with van der Waals surface area (Å²) in [4.78, 5) is 13.6. The third kappa shape index (κ3) is 6.67. The molecule has 1 aliphatic carbocycles. The van der Waals surface area contributed by atoms with Crippen LogP contribution in [0.25, 0.3) is 0 Å². The zero-order chi connectivity index (χ0) is 23.0. The van der Waals surface area contributed by atoms with Crippen LogP contribution in [0, 0.1) is 0 Å². The highest BCUT2D eigenvalue weighted by Gasteiger charge is 2.31. The van der Waals surface area contributed by atoms with E-state index in [-0.39, 0.29) is 18.1 Å². The molecular weight excluding hydrogens is 408 g/mol. The lowest BCUT2D eigenvalue weighted by atomic mass is 9.85. The second-order valence-corrected chi connectivity index (χ2v) is 9.23. The van der Waals surface area contributed by atoms with E-state index in [4.69, 9.17) is 0 Å². The predicted octanol–water partition coefficient (Wildman–Crippen LogP) is 4.51. The first kappa shape index (κ1) is 23.5. The van der Waals surface area contributed by atoms with Crippen LogP contribution in [0.5, 0.6) is 0 Å². The fraction of sp³-hybridized carbons (Fsp3) is 0.444. The Labute approximate surface area is 197 Å². The molecule has 3 aromatic heterocycles. The van der Waals surface area contributed by atoms with Crippen LogP contribution in [0.3, 0.4) is 0 Å². The lowest BCUT2D eigenvalue weighted by Gasteiger charge is -2.39. The van der Waals surface area contributed by atoms with Crippen LogP contribution in [0.1, 0.15) is 75.2 Å². The number of nitrogens with one attached hydrogen (secondary N) is 3. The van der Waals surface area contributed by atoms with Crippen molar-refractivity contribution in [2.24, 2.45) is 0 Å². The first-order valence-electron chi connectivity index (χ1n) is 12.1. The maximum atomic E-state index is 4.55. The van der Waals surface area contributed by atoms with Crippen molar-refractivity contribution >= 4 is 0 Å². The molecule has 0 spiro atoms. The van der Waals surface area contributed by atoms with Crippen molar-refractivity contribution in [1.82, 2.24) is 30.9 Å². The van der Waals surface area contributed by atoms with Crippen LogP contribution in [0.2, 0.25) is 0 Å². The van der Waals surface area contributed by atoms with Gasteiger partial charge in [-0.2, -0.15) is 0 Å². The molecule has 174 valence electrons. The van der Waals surface area contributed by atoms with Crippen molar-refractivity contribution in [1.29, 1.82) is 0 Å². The van der Waals surface area contributed by atoms with Crippen LogP contribution in [-0.2, 0) is 0 Å². The minimum absolute atomic E-state index is 0.206. The van der Waals surface area contributed by atoms with Gasteiger partial charge < -0.3 is 16.0 Å². The molecular formula is C27H36N6. The monoisotopic (exact) mass is 444 g/mol. The van der Waals surface area contributed by atoms with Crippen molar-refractivity contribution in [3.8, 4) is 0 Å². The molecule has 0 saturated heterocycles. The number of pyridine rings is 3. The zero-order valence-electron chi connectivity index (χ0n) is 19.9. The van der Waals surface area contributed by atoms with E-state index in [0.29, 0.717) is 18.1 Å². The van der Waals surface area contributed by atoms with Crippen LogP contribution in [0.4, 0.5) is 0 Å². The minimum atomic E-state index is 0.206. The van der Waals surface area contributed by atoms with Gasteiger partial charge in [-0.3, -0.25) is 15.0 Å². The van der Waals surface area contributed by atoms with Gasteiger partial charge in [-0.15, -0.1) is 0 Å². The Morgan fingerprint density at radius 1 is 0.545 bits per heavy atom. The highest BCUT2D eigenvalue weighted by atomic mass is 15.1. The second-order valence-electron chi connectivity index (χ2n) is 9.23. The van der Waals surface area contributed by atoms with Crippen LogP contribution < -0.4 is 16.0 Å². The van der Waals surface area contributed by atoms with Crippen LogP contribution in [-0.4, -0.2) is 33.1 Å². The average molecular weight is 445 g/mol. The first-order chi connectivity index (χ1) is 16.1. The van der Waals surface area contributed by atoms with Crippen LogP contribution >= 0.6 is 0 Å². The Kier molecular flexibility index (Phi) is 8.15. The molecule has 0 aromatic carbocycles. The number of rotatable bonds is 9. The van der Waals surface area contributed by atoms with Crippen molar-refractivity contribution in [3.63, 3.8) is 0 Å². The van der Waals surface area contributed by atoms with Gasteiger partial charge in [-0.1, -0.05) is 18.2 Å². The van der Waals surface area contributed by atoms with E-state index in [1.807, 2.05) is 36.8 Å². The van der Waals surface area contributed by atoms with E-state index in [0.717, 1.165) is 36.3 Å². The molecule has 3 N–H and O–H groups in total. The van der Waals surface area contributed by atoms with Gasteiger partial charge in [0, 0.05) is 54.8 Å². The summed E-state index contributed by atoms with van der Waals surface area (Å²) < 4.78 is 0. The standard InChI is InChI=1S/C27H36N6/c1-19(25-10-4-7-13-28-25)31-22-16-23(32-20(2)26-11-5-8-14-29-26)18-24(17-22)33-21(3)27-12-6-9-15-30-27/h4-15,19-24,31-33H,16-18H2,1-3H3. The summed E-state index contributed by atoms with van der Waals surface area (Å²) in [7, 11) is 0. The molecule has 6 nitrogen and oxygen atoms in total. The lowest BCUT2D eigenvalue weighted by Crippen LogP contribution is -2.51. The largest absolute Gasteiger partial charge is 0.306 e. The van der Waals surface area contributed by atoms with Crippen LogP contribution in [0.15, 0.2) is 73.2 Å². The van der Waals surface area contributed by atoms with Gasteiger partial charge in [-0.25, -0.2) is 0 Å². The highest BCUT2D eigenvalue weighted by molar-refractivity contribution is 5.11. The predicted molar refractivity (Wildman–Crippen MR) is 133 cm³/mol. The van der Waals surface area contributed by atoms with E-state index in [9.17, 15) is 0 Å². The maximum Gasteiger partial charge on any atom is 0.0570 e. The molecule has 0 bridgehead atoms. The van der Waals surface area contributed by atoms with Gasteiger partial charge in [0.05, 0.1) is 17.1 Å². The summed E-state index contributed by atoms with van der Waals surface area (Å²) >= 11 is 0. The average Bonchev–Trinajstić information content (AvgIpc) is 2.85. The Balaban J connectivity index is 1.44. The molecule has 6 heteroatoms. The summed E-state index contributed by atoms with van der Waals surface area (Å²) in [5.74, 6) is 0. The first-order valence-corrected chi connectivity index (χ1v) is 12.1. The molecule has 0 radical (unpaired) electrons. The molecule has 1 saturated carbocycles. The molecule has 33 heavy (non-hydrogen) atoms. The molecule has 0 aliphatic heterocycles. The number of hydrogen-bond donors (Lipinski definition) is 3. The maximum absolute atomic E-state index is 4.55. The molecule has 3 atom stereocenters. The van der Waals surface area contributed by atoms with Gasteiger partial charge in [-0.05, 0) is 76.4 Å². The zero-order valence-corrected chi connectivity index (χ0v) is 19.9. The van der Waals surface area contributed by atoms with Gasteiger partial charge in [0.15, 0.2) is 0 Å². The molecule has 1 fully saturated rings. The fourth-order valence-corrected chi connectivity index (χ4v) is 4.94. The van der Waals surface area contributed by atoms with Crippen molar-refractivity contribution < 1.29 is 0 Å². The third-order valence-electron chi connectivity index (χ3n) is 6.56. The Morgan fingerprint density at radius 3 is 1.09 bits per heavy atom.